The Morgan fingerprint density at radius 2 is 1.89 bits per heavy atom. The quantitative estimate of drug-likeness (QED) is 0.758. The molecule has 0 bridgehead atoms. The Balaban J connectivity index is 1.76. The smallest absolute Gasteiger partial charge is 0.164 e. The molecule has 1 aromatic carbocycles. The molecule has 0 unspecified atom stereocenters. The Hall–Kier alpha value is -1.22. The van der Waals surface area contributed by atoms with Gasteiger partial charge >= 0.3 is 0 Å². The summed E-state index contributed by atoms with van der Waals surface area (Å²) in [7, 11) is 0. The van der Waals surface area contributed by atoms with Crippen molar-refractivity contribution in [1.82, 2.24) is 4.90 Å². The Morgan fingerprint density at radius 1 is 1.26 bits per heavy atom. The summed E-state index contributed by atoms with van der Waals surface area (Å²) in [6, 6.07) is 5.84. The number of carbonyl (C=O) groups excluding carboxylic acids is 1. The molecule has 2 rings (SSSR count). The predicted molar refractivity (Wildman–Crippen MR) is 74.8 cm³/mol. The Labute approximate surface area is 114 Å². The molecule has 0 spiro atoms. The lowest BCUT2D eigenvalue weighted by Gasteiger charge is -2.31. The second-order valence-corrected chi connectivity index (χ2v) is 5.37. The van der Waals surface area contributed by atoms with Gasteiger partial charge < -0.3 is 4.90 Å². The summed E-state index contributed by atoms with van der Waals surface area (Å²) in [5.74, 6) is 0.680. The molecule has 0 N–H and O–H groups in total. The van der Waals surface area contributed by atoms with Gasteiger partial charge in [-0.3, -0.25) is 4.79 Å². The maximum absolute atomic E-state index is 12.8. The monoisotopic (exact) mass is 263 g/mol. The summed E-state index contributed by atoms with van der Waals surface area (Å²) in [4.78, 5) is 14.3. The Kier molecular flexibility index (Phi) is 5.08. The number of carbonyl (C=O) groups is 1. The van der Waals surface area contributed by atoms with Crippen LogP contribution in [0.3, 0.4) is 0 Å². The molecule has 0 aromatic heterocycles. The molecule has 1 aromatic rings. The van der Waals surface area contributed by atoms with Gasteiger partial charge in [0.1, 0.15) is 5.82 Å². The fraction of sp³-hybridized carbons (Fsp3) is 0.562. The van der Waals surface area contributed by atoms with Crippen molar-refractivity contribution < 1.29 is 9.18 Å². The number of rotatable bonds is 5. The lowest BCUT2D eigenvalue weighted by atomic mass is 9.94. The fourth-order valence-electron chi connectivity index (χ4n) is 2.66. The van der Waals surface area contributed by atoms with E-state index in [1.54, 1.807) is 12.1 Å². The van der Waals surface area contributed by atoms with Crippen LogP contribution in [0.5, 0.6) is 0 Å². The van der Waals surface area contributed by atoms with Gasteiger partial charge in [-0.05, 0) is 56.1 Å². The molecule has 1 aliphatic heterocycles. The van der Waals surface area contributed by atoms with E-state index in [1.165, 1.54) is 31.4 Å². The number of nitrogens with zero attached hydrogens (tertiary/aromatic N) is 1. The van der Waals surface area contributed by atoms with Crippen LogP contribution in [0, 0.1) is 11.7 Å². The van der Waals surface area contributed by atoms with Crippen molar-refractivity contribution in [3.05, 3.63) is 35.6 Å². The van der Waals surface area contributed by atoms with Crippen LogP contribution in [0.2, 0.25) is 0 Å². The molecule has 1 heterocycles. The molecule has 0 aliphatic carbocycles. The first-order chi connectivity index (χ1) is 9.19. The topological polar surface area (TPSA) is 20.3 Å². The molecule has 3 heteroatoms. The van der Waals surface area contributed by atoms with Crippen molar-refractivity contribution in [2.45, 2.75) is 32.6 Å². The van der Waals surface area contributed by atoms with Gasteiger partial charge in [0.15, 0.2) is 5.78 Å². The molecule has 1 saturated heterocycles. The van der Waals surface area contributed by atoms with Gasteiger partial charge in [-0.25, -0.2) is 4.39 Å². The minimum atomic E-state index is -0.293. The molecular weight excluding hydrogens is 241 g/mol. The third kappa shape index (κ3) is 4.13. The molecule has 1 fully saturated rings. The van der Waals surface area contributed by atoms with Crippen LogP contribution in [0.1, 0.15) is 43.0 Å². The minimum absolute atomic E-state index is 0.109. The zero-order valence-corrected chi connectivity index (χ0v) is 11.6. The zero-order chi connectivity index (χ0) is 13.7. The number of hydrogen-bond acceptors (Lipinski definition) is 2. The van der Waals surface area contributed by atoms with Crippen molar-refractivity contribution in [2.75, 3.05) is 19.6 Å². The number of likely N-dealkylation sites (tertiary alicyclic amines) is 1. The van der Waals surface area contributed by atoms with Crippen LogP contribution >= 0.6 is 0 Å². The molecule has 0 amide bonds. The number of halogens is 1. The third-order valence-electron chi connectivity index (χ3n) is 4.11. The molecule has 104 valence electrons. The van der Waals surface area contributed by atoms with E-state index in [0.717, 1.165) is 25.6 Å². The van der Waals surface area contributed by atoms with Gasteiger partial charge in [0.25, 0.3) is 0 Å². The minimum Gasteiger partial charge on any atom is -0.303 e. The summed E-state index contributed by atoms with van der Waals surface area (Å²) in [6.45, 7) is 5.29. The van der Waals surface area contributed by atoms with Crippen LogP contribution in [0.4, 0.5) is 4.39 Å². The van der Waals surface area contributed by atoms with E-state index < -0.39 is 0 Å². The molecule has 19 heavy (non-hydrogen) atoms. The summed E-state index contributed by atoms with van der Waals surface area (Å²) in [5.41, 5.74) is 0.616. The molecule has 0 saturated carbocycles. The van der Waals surface area contributed by atoms with E-state index in [0.29, 0.717) is 12.0 Å². The van der Waals surface area contributed by atoms with E-state index in [4.69, 9.17) is 0 Å². The van der Waals surface area contributed by atoms with Crippen LogP contribution in [0.15, 0.2) is 24.3 Å². The highest BCUT2D eigenvalue weighted by Gasteiger charge is 2.18. The fourth-order valence-corrected chi connectivity index (χ4v) is 2.66. The number of ketones is 1. The lowest BCUT2D eigenvalue weighted by molar-refractivity contribution is 0.0950. The van der Waals surface area contributed by atoms with Crippen LogP contribution < -0.4 is 0 Å². The van der Waals surface area contributed by atoms with Gasteiger partial charge in [0, 0.05) is 18.5 Å². The van der Waals surface area contributed by atoms with E-state index in [-0.39, 0.29) is 11.6 Å². The summed E-state index contributed by atoms with van der Waals surface area (Å²) < 4.78 is 12.8. The maximum atomic E-state index is 12.8. The summed E-state index contributed by atoms with van der Waals surface area (Å²) in [6.07, 6.45) is 4.30. The molecule has 1 aliphatic rings. The average molecular weight is 263 g/mol. The van der Waals surface area contributed by atoms with Gasteiger partial charge in [-0.15, -0.1) is 0 Å². The Morgan fingerprint density at radius 3 is 2.47 bits per heavy atom. The number of piperidine rings is 1. The largest absolute Gasteiger partial charge is 0.303 e. The number of hydrogen-bond donors (Lipinski definition) is 0. The van der Waals surface area contributed by atoms with Gasteiger partial charge in [0.2, 0.25) is 0 Å². The zero-order valence-electron chi connectivity index (χ0n) is 11.6. The first-order valence-corrected chi connectivity index (χ1v) is 7.20. The normalized spacial score (nSPS) is 17.6. The van der Waals surface area contributed by atoms with Crippen molar-refractivity contribution in [2.24, 2.45) is 5.92 Å². The third-order valence-corrected chi connectivity index (χ3v) is 4.11. The van der Waals surface area contributed by atoms with Crippen LogP contribution in [0.25, 0.3) is 0 Å². The first kappa shape index (κ1) is 14.2. The van der Waals surface area contributed by atoms with E-state index in [2.05, 4.69) is 11.8 Å². The second-order valence-electron chi connectivity index (χ2n) is 5.37. The lowest BCUT2D eigenvalue weighted by Crippen LogP contribution is -2.35. The molecule has 2 nitrogen and oxygen atoms in total. The summed E-state index contributed by atoms with van der Waals surface area (Å²) >= 11 is 0. The van der Waals surface area contributed by atoms with Crippen molar-refractivity contribution in [1.29, 1.82) is 0 Å². The molecular formula is C16H22FNO. The highest BCUT2D eigenvalue weighted by atomic mass is 19.1. The standard InChI is InChI=1S/C16H22FNO/c1-2-13-7-10-18(11-8-13)12-9-16(19)14-3-5-15(17)6-4-14/h3-6,13H,2,7-12H2,1H3. The van der Waals surface area contributed by atoms with Crippen molar-refractivity contribution in [3.63, 3.8) is 0 Å². The summed E-state index contributed by atoms with van der Waals surface area (Å²) in [5, 5.41) is 0. The SMILES string of the molecule is CCC1CCN(CCC(=O)c2ccc(F)cc2)CC1. The highest BCUT2D eigenvalue weighted by molar-refractivity contribution is 5.96. The van der Waals surface area contributed by atoms with E-state index in [1.807, 2.05) is 0 Å². The average Bonchev–Trinajstić information content (AvgIpc) is 2.46. The Bertz CT molecular complexity index is 407. The predicted octanol–water partition coefficient (Wildman–Crippen LogP) is 3.52. The van der Waals surface area contributed by atoms with Gasteiger partial charge in [-0.1, -0.05) is 13.3 Å². The highest BCUT2D eigenvalue weighted by Crippen LogP contribution is 2.20. The van der Waals surface area contributed by atoms with Gasteiger partial charge in [0.05, 0.1) is 0 Å². The number of benzene rings is 1. The van der Waals surface area contributed by atoms with Crippen LogP contribution in [-0.2, 0) is 0 Å². The van der Waals surface area contributed by atoms with E-state index >= 15 is 0 Å². The van der Waals surface area contributed by atoms with Crippen molar-refractivity contribution in [3.8, 4) is 0 Å². The molecule has 0 radical (unpaired) electrons. The number of Topliss-reactive ketones (excluding diaryl/α,β-unsaturated/α-hetero) is 1. The first-order valence-electron chi connectivity index (χ1n) is 7.20. The van der Waals surface area contributed by atoms with Gasteiger partial charge in [-0.2, -0.15) is 0 Å². The second kappa shape index (κ2) is 6.80. The maximum Gasteiger partial charge on any atom is 0.164 e. The van der Waals surface area contributed by atoms with E-state index in [9.17, 15) is 9.18 Å². The van der Waals surface area contributed by atoms with Crippen molar-refractivity contribution >= 4 is 5.78 Å². The molecule has 0 atom stereocenters. The van der Waals surface area contributed by atoms with Crippen LogP contribution in [-0.4, -0.2) is 30.3 Å².